The molecule has 0 saturated carbocycles. The first-order chi connectivity index (χ1) is 8.85. The summed E-state index contributed by atoms with van der Waals surface area (Å²) in [6.07, 6.45) is 0.696. The molecule has 1 saturated heterocycles. The number of carboxylic acids is 1. The summed E-state index contributed by atoms with van der Waals surface area (Å²) in [5.41, 5.74) is 0. The Morgan fingerprint density at radius 1 is 1.37 bits per heavy atom. The monoisotopic (exact) mass is 272 g/mol. The van der Waals surface area contributed by atoms with Crippen LogP contribution >= 0.6 is 0 Å². The molecule has 1 aliphatic rings. The quantitative estimate of drug-likeness (QED) is 0.840. The van der Waals surface area contributed by atoms with E-state index in [1.54, 1.807) is 4.90 Å². The number of carbonyl (C=O) groups is 2. The third-order valence-corrected chi connectivity index (χ3v) is 3.36. The van der Waals surface area contributed by atoms with E-state index >= 15 is 0 Å². The second-order valence-electron chi connectivity index (χ2n) is 5.22. The molecule has 0 radical (unpaired) electrons. The number of nitrogens with zero attached hydrogens (tertiary/aromatic N) is 2. The largest absolute Gasteiger partial charge is 0.480 e. The Kier molecular flexibility index (Phi) is 5.60. The fourth-order valence-electron chi connectivity index (χ4n) is 2.29. The van der Waals surface area contributed by atoms with Crippen molar-refractivity contribution in [1.29, 1.82) is 0 Å². The molecule has 0 spiro atoms. The summed E-state index contributed by atoms with van der Waals surface area (Å²) < 4.78 is 5.59. The van der Waals surface area contributed by atoms with Crippen molar-refractivity contribution in [2.24, 2.45) is 0 Å². The molecule has 1 rings (SSSR count). The van der Waals surface area contributed by atoms with Crippen LogP contribution in [0.15, 0.2) is 0 Å². The molecule has 110 valence electrons. The van der Waals surface area contributed by atoms with Gasteiger partial charge in [-0.3, -0.25) is 4.79 Å². The molecule has 1 N–H and O–H groups in total. The van der Waals surface area contributed by atoms with Gasteiger partial charge in [-0.25, -0.2) is 4.79 Å². The number of aliphatic carboxylic acids is 1. The Morgan fingerprint density at radius 3 is 2.32 bits per heavy atom. The van der Waals surface area contributed by atoms with E-state index in [0.717, 1.165) is 6.42 Å². The van der Waals surface area contributed by atoms with E-state index in [1.807, 2.05) is 27.7 Å². The molecule has 1 heterocycles. The molecule has 1 fully saturated rings. The lowest BCUT2D eigenvalue weighted by Gasteiger charge is -2.39. The van der Waals surface area contributed by atoms with Crippen LogP contribution in [0.2, 0.25) is 0 Å². The van der Waals surface area contributed by atoms with E-state index in [4.69, 9.17) is 9.84 Å². The van der Waals surface area contributed by atoms with E-state index in [2.05, 4.69) is 0 Å². The summed E-state index contributed by atoms with van der Waals surface area (Å²) >= 11 is 0. The molecule has 3 atom stereocenters. The van der Waals surface area contributed by atoms with Crippen LogP contribution in [0.25, 0.3) is 0 Å². The number of hydrogen-bond donors (Lipinski definition) is 1. The predicted molar refractivity (Wildman–Crippen MR) is 71.1 cm³/mol. The molecule has 6 nitrogen and oxygen atoms in total. The van der Waals surface area contributed by atoms with Crippen LogP contribution in [0.5, 0.6) is 0 Å². The van der Waals surface area contributed by atoms with Crippen molar-refractivity contribution in [1.82, 2.24) is 9.80 Å². The van der Waals surface area contributed by atoms with Crippen molar-refractivity contribution in [3.05, 3.63) is 0 Å². The molecule has 19 heavy (non-hydrogen) atoms. The van der Waals surface area contributed by atoms with Gasteiger partial charge in [0.15, 0.2) is 0 Å². The summed E-state index contributed by atoms with van der Waals surface area (Å²) in [6.45, 7) is 8.41. The summed E-state index contributed by atoms with van der Waals surface area (Å²) in [7, 11) is 0. The highest BCUT2D eigenvalue weighted by Crippen LogP contribution is 2.15. The molecule has 6 heteroatoms. The van der Waals surface area contributed by atoms with E-state index in [1.165, 1.54) is 4.90 Å². The van der Waals surface area contributed by atoms with E-state index in [9.17, 15) is 9.59 Å². The first-order valence-electron chi connectivity index (χ1n) is 6.77. The second kappa shape index (κ2) is 6.75. The first kappa shape index (κ1) is 15.8. The van der Waals surface area contributed by atoms with Gasteiger partial charge in [0.2, 0.25) is 0 Å². The van der Waals surface area contributed by atoms with Crippen LogP contribution in [0, 0.1) is 0 Å². The lowest BCUT2D eigenvalue weighted by atomic mass is 10.2. The maximum atomic E-state index is 12.5. The normalized spacial score (nSPS) is 24.9. The number of carboxylic acid groups (broad SMARTS) is 1. The van der Waals surface area contributed by atoms with Gasteiger partial charge in [0, 0.05) is 19.1 Å². The Hall–Kier alpha value is -1.30. The minimum Gasteiger partial charge on any atom is -0.480 e. The summed E-state index contributed by atoms with van der Waals surface area (Å²) in [5.74, 6) is -0.983. The highest BCUT2D eigenvalue weighted by Gasteiger charge is 2.31. The van der Waals surface area contributed by atoms with Gasteiger partial charge in [-0.2, -0.15) is 0 Å². The predicted octanol–water partition coefficient (Wildman–Crippen LogP) is 1.40. The molecule has 1 unspecified atom stereocenters. The van der Waals surface area contributed by atoms with Crippen LogP contribution in [0.1, 0.15) is 34.1 Å². The lowest BCUT2D eigenvalue weighted by Crippen LogP contribution is -2.55. The second-order valence-corrected chi connectivity index (χ2v) is 5.22. The summed E-state index contributed by atoms with van der Waals surface area (Å²) in [5, 5.41) is 8.94. The molecular formula is C13H24N2O4. The van der Waals surface area contributed by atoms with Gasteiger partial charge in [0.05, 0.1) is 12.2 Å². The number of hydrogen-bond acceptors (Lipinski definition) is 3. The van der Waals surface area contributed by atoms with Gasteiger partial charge >= 0.3 is 12.0 Å². The van der Waals surface area contributed by atoms with Gasteiger partial charge < -0.3 is 19.6 Å². The third kappa shape index (κ3) is 4.38. The van der Waals surface area contributed by atoms with E-state index < -0.39 is 5.97 Å². The van der Waals surface area contributed by atoms with Crippen LogP contribution in [0.3, 0.4) is 0 Å². The molecule has 2 amide bonds. The summed E-state index contributed by atoms with van der Waals surface area (Å²) in [6, 6.07) is -0.296. The van der Waals surface area contributed by atoms with Gasteiger partial charge in [-0.15, -0.1) is 0 Å². The third-order valence-electron chi connectivity index (χ3n) is 3.36. The van der Waals surface area contributed by atoms with Crippen LogP contribution in [-0.4, -0.2) is 64.8 Å². The average molecular weight is 272 g/mol. The highest BCUT2D eigenvalue weighted by atomic mass is 16.5. The van der Waals surface area contributed by atoms with E-state index in [0.29, 0.717) is 13.1 Å². The number of urea groups is 1. The highest BCUT2D eigenvalue weighted by molar-refractivity contribution is 5.80. The Bertz CT molecular complexity index is 325. The van der Waals surface area contributed by atoms with Crippen molar-refractivity contribution in [3.8, 4) is 0 Å². The van der Waals surface area contributed by atoms with Gasteiger partial charge in [0.1, 0.15) is 6.54 Å². The Balaban J connectivity index is 2.77. The van der Waals surface area contributed by atoms with Crippen molar-refractivity contribution < 1.29 is 19.4 Å². The Morgan fingerprint density at radius 2 is 1.89 bits per heavy atom. The average Bonchev–Trinajstić information content (AvgIpc) is 2.32. The maximum absolute atomic E-state index is 12.5. The lowest BCUT2D eigenvalue weighted by molar-refractivity contribution is -0.138. The first-order valence-corrected chi connectivity index (χ1v) is 6.77. The van der Waals surface area contributed by atoms with Crippen LogP contribution < -0.4 is 0 Å². The van der Waals surface area contributed by atoms with Gasteiger partial charge in [-0.1, -0.05) is 6.92 Å². The molecule has 0 aliphatic carbocycles. The van der Waals surface area contributed by atoms with Crippen molar-refractivity contribution >= 4 is 12.0 Å². The maximum Gasteiger partial charge on any atom is 0.323 e. The molecule has 0 aromatic rings. The molecule has 0 bridgehead atoms. The number of amides is 2. The smallest absolute Gasteiger partial charge is 0.323 e. The number of rotatable bonds is 4. The van der Waals surface area contributed by atoms with Crippen molar-refractivity contribution in [2.45, 2.75) is 52.4 Å². The topological polar surface area (TPSA) is 70.1 Å². The molecule has 0 aromatic heterocycles. The van der Waals surface area contributed by atoms with E-state index in [-0.39, 0.29) is 30.8 Å². The molecular weight excluding hydrogens is 248 g/mol. The fraction of sp³-hybridized carbons (Fsp3) is 0.846. The summed E-state index contributed by atoms with van der Waals surface area (Å²) in [4.78, 5) is 26.5. The SMILES string of the molecule is CCC(C)N(CC(=O)O)C(=O)N1C[C@@H](C)O[C@@H](C)C1. The standard InChI is InChI=1S/C13H24N2O4/c1-5-9(2)15(8-12(16)17)13(18)14-6-10(3)19-11(4)7-14/h9-11H,5-8H2,1-4H3,(H,16,17)/t9?,10-,11+. The van der Waals surface area contributed by atoms with Crippen LogP contribution in [0.4, 0.5) is 4.79 Å². The van der Waals surface area contributed by atoms with Gasteiger partial charge in [0.25, 0.3) is 0 Å². The fourth-order valence-corrected chi connectivity index (χ4v) is 2.29. The number of ether oxygens (including phenoxy) is 1. The zero-order valence-corrected chi connectivity index (χ0v) is 12.1. The minimum atomic E-state index is -0.983. The van der Waals surface area contributed by atoms with Crippen LogP contribution in [-0.2, 0) is 9.53 Å². The van der Waals surface area contributed by atoms with Crippen molar-refractivity contribution in [3.63, 3.8) is 0 Å². The zero-order valence-electron chi connectivity index (χ0n) is 12.1. The van der Waals surface area contributed by atoms with Gasteiger partial charge in [-0.05, 0) is 27.2 Å². The number of morpholine rings is 1. The molecule has 1 aliphatic heterocycles. The Labute approximate surface area is 114 Å². The molecule has 0 aromatic carbocycles. The minimum absolute atomic E-state index is 0.0173. The number of carbonyl (C=O) groups excluding carboxylic acids is 1. The van der Waals surface area contributed by atoms with Crippen molar-refractivity contribution in [2.75, 3.05) is 19.6 Å². The zero-order chi connectivity index (χ0) is 14.6.